The Morgan fingerprint density at radius 1 is 1.15 bits per heavy atom. The standard InChI is InChI=1S/C10H19BrN2/c1-2-3-8-13(10-12)9-6-4-5-7-11/h2-9H2,1H3. The molecule has 0 spiro atoms. The van der Waals surface area contributed by atoms with Crippen LogP contribution in [0.5, 0.6) is 0 Å². The molecule has 0 atom stereocenters. The zero-order valence-electron chi connectivity index (χ0n) is 8.43. The van der Waals surface area contributed by atoms with E-state index >= 15 is 0 Å². The highest BCUT2D eigenvalue weighted by atomic mass is 79.9. The van der Waals surface area contributed by atoms with Crippen molar-refractivity contribution in [2.45, 2.75) is 39.0 Å². The summed E-state index contributed by atoms with van der Waals surface area (Å²) in [6.45, 7) is 4.02. The average Bonchev–Trinajstić information content (AvgIpc) is 2.17. The van der Waals surface area contributed by atoms with Gasteiger partial charge in [-0.1, -0.05) is 35.7 Å². The lowest BCUT2D eigenvalue weighted by molar-refractivity contribution is 0.371. The minimum absolute atomic E-state index is 0.932. The van der Waals surface area contributed by atoms with Crippen LogP contribution >= 0.6 is 15.9 Å². The molecule has 0 fully saturated rings. The number of nitriles is 1. The number of hydrogen-bond donors (Lipinski definition) is 0. The van der Waals surface area contributed by atoms with E-state index in [1.807, 2.05) is 4.90 Å². The highest BCUT2D eigenvalue weighted by Gasteiger charge is 1.99. The van der Waals surface area contributed by atoms with E-state index in [4.69, 9.17) is 5.26 Å². The minimum Gasteiger partial charge on any atom is -0.311 e. The van der Waals surface area contributed by atoms with Gasteiger partial charge in [-0.15, -0.1) is 0 Å². The van der Waals surface area contributed by atoms with Gasteiger partial charge < -0.3 is 4.90 Å². The topological polar surface area (TPSA) is 27.0 Å². The second-order valence-corrected chi connectivity index (χ2v) is 3.98. The molecule has 0 aliphatic carbocycles. The molecule has 0 unspecified atom stereocenters. The summed E-state index contributed by atoms with van der Waals surface area (Å²) in [5.74, 6) is 0. The lowest BCUT2D eigenvalue weighted by Crippen LogP contribution is -2.20. The van der Waals surface area contributed by atoms with Gasteiger partial charge in [0.1, 0.15) is 0 Å². The maximum Gasteiger partial charge on any atom is 0.179 e. The molecule has 0 N–H and O–H groups in total. The van der Waals surface area contributed by atoms with Gasteiger partial charge in [-0.05, 0) is 19.3 Å². The van der Waals surface area contributed by atoms with Crippen LogP contribution in [0.15, 0.2) is 0 Å². The van der Waals surface area contributed by atoms with E-state index in [0.717, 1.165) is 31.3 Å². The molecule has 76 valence electrons. The fourth-order valence-electron chi connectivity index (χ4n) is 1.13. The molecule has 2 nitrogen and oxygen atoms in total. The molecule has 0 aromatic carbocycles. The number of hydrogen-bond acceptors (Lipinski definition) is 2. The molecule has 0 saturated heterocycles. The van der Waals surface area contributed by atoms with Gasteiger partial charge in [-0.25, -0.2) is 0 Å². The van der Waals surface area contributed by atoms with Gasteiger partial charge in [-0.2, -0.15) is 5.26 Å². The molecule has 3 heteroatoms. The van der Waals surface area contributed by atoms with Gasteiger partial charge in [0, 0.05) is 18.4 Å². The molecule has 0 amide bonds. The molecular weight excluding hydrogens is 228 g/mol. The van der Waals surface area contributed by atoms with Gasteiger partial charge in [0.15, 0.2) is 6.19 Å². The Kier molecular flexibility index (Phi) is 9.68. The predicted octanol–water partition coefficient (Wildman–Crippen LogP) is 3.13. The molecule has 0 rings (SSSR count). The van der Waals surface area contributed by atoms with E-state index in [2.05, 4.69) is 29.0 Å². The Morgan fingerprint density at radius 2 is 1.85 bits per heavy atom. The van der Waals surface area contributed by atoms with Gasteiger partial charge in [-0.3, -0.25) is 0 Å². The van der Waals surface area contributed by atoms with Crippen LogP contribution in [0.2, 0.25) is 0 Å². The largest absolute Gasteiger partial charge is 0.311 e. The molecule has 0 aromatic heterocycles. The summed E-state index contributed by atoms with van der Waals surface area (Å²) in [6.07, 6.45) is 8.11. The van der Waals surface area contributed by atoms with Crippen molar-refractivity contribution in [3.05, 3.63) is 0 Å². The number of nitrogens with zero attached hydrogens (tertiary/aromatic N) is 2. The summed E-state index contributed by atoms with van der Waals surface area (Å²) in [6, 6.07) is 0. The van der Waals surface area contributed by atoms with Crippen molar-refractivity contribution in [1.82, 2.24) is 4.90 Å². The average molecular weight is 247 g/mol. The number of alkyl halides is 1. The van der Waals surface area contributed by atoms with E-state index in [1.54, 1.807) is 0 Å². The fraction of sp³-hybridized carbons (Fsp3) is 0.900. The summed E-state index contributed by atoms with van der Waals surface area (Å²) in [5.41, 5.74) is 0. The van der Waals surface area contributed by atoms with Gasteiger partial charge in [0.25, 0.3) is 0 Å². The summed E-state index contributed by atoms with van der Waals surface area (Å²) in [5, 5.41) is 9.85. The molecule has 0 bridgehead atoms. The van der Waals surface area contributed by atoms with Crippen LogP contribution in [0, 0.1) is 11.5 Å². The van der Waals surface area contributed by atoms with Crippen LogP contribution in [0.25, 0.3) is 0 Å². The molecule has 0 aliphatic rings. The first kappa shape index (κ1) is 12.8. The maximum atomic E-state index is 8.78. The predicted molar refractivity (Wildman–Crippen MR) is 59.7 cm³/mol. The Balaban J connectivity index is 3.32. The summed E-state index contributed by atoms with van der Waals surface area (Å²) in [4.78, 5) is 1.87. The fourth-order valence-corrected chi connectivity index (χ4v) is 1.53. The van der Waals surface area contributed by atoms with Gasteiger partial charge in [0.2, 0.25) is 0 Å². The first-order valence-corrected chi connectivity index (χ1v) is 6.18. The van der Waals surface area contributed by atoms with Crippen molar-refractivity contribution in [2.24, 2.45) is 0 Å². The highest BCUT2D eigenvalue weighted by molar-refractivity contribution is 9.09. The van der Waals surface area contributed by atoms with Crippen LogP contribution in [-0.4, -0.2) is 23.3 Å². The van der Waals surface area contributed by atoms with Crippen LogP contribution in [-0.2, 0) is 0 Å². The second kappa shape index (κ2) is 9.85. The zero-order chi connectivity index (χ0) is 9.94. The van der Waals surface area contributed by atoms with E-state index in [-0.39, 0.29) is 0 Å². The summed E-state index contributed by atoms with van der Waals surface area (Å²) >= 11 is 3.40. The molecule has 0 heterocycles. The number of halogens is 1. The maximum absolute atomic E-state index is 8.78. The third-order valence-corrected chi connectivity index (χ3v) is 2.55. The van der Waals surface area contributed by atoms with Crippen LogP contribution < -0.4 is 0 Å². The first-order chi connectivity index (χ1) is 6.35. The van der Waals surface area contributed by atoms with Gasteiger partial charge in [0.05, 0.1) is 0 Å². The van der Waals surface area contributed by atoms with Crippen molar-refractivity contribution in [2.75, 3.05) is 18.4 Å². The quantitative estimate of drug-likeness (QED) is 0.285. The Morgan fingerprint density at radius 3 is 2.38 bits per heavy atom. The van der Waals surface area contributed by atoms with Crippen LogP contribution in [0.4, 0.5) is 0 Å². The molecule has 0 aromatic rings. The monoisotopic (exact) mass is 246 g/mol. The Hall–Kier alpha value is -0.230. The number of rotatable bonds is 8. The lowest BCUT2D eigenvalue weighted by Gasteiger charge is -2.14. The summed E-state index contributed by atoms with van der Waals surface area (Å²) < 4.78 is 0. The Bertz CT molecular complexity index is 142. The van der Waals surface area contributed by atoms with E-state index < -0.39 is 0 Å². The summed E-state index contributed by atoms with van der Waals surface area (Å²) in [7, 11) is 0. The van der Waals surface area contributed by atoms with Crippen molar-refractivity contribution in [3.63, 3.8) is 0 Å². The van der Waals surface area contributed by atoms with Crippen LogP contribution in [0.1, 0.15) is 39.0 Å². The van der Waals surface area contributed by atoms with E-state index in [9.17, 15) is 0 Å². The first-order valence-electron chi connectivity index (χ1n) is 5.05. The van der Waals surface area contributed by atoms with Crippen molar-refractivity contribution >= 4 is 15.9 Å². The van der Waals surface area contributed by atoms with E-state index in [0.29, 0.717) is 0 Å². The molecule has 13 heavy (non-hydrogen) atoms. The van der Waals surface area contributed by atoms with E-state index in [1.165, 1.54) is 19.3 Å². The zero-order valence-corrected chi connectivity index (χ0v) is 10.0. The SMILES string of the molecule is CCCCN(C#N)CCCCCBr. The normalized spacial score (nSPS) is 9.62. The molecule has 0 radical (unpaired) electrons. The van der Waals surface area contributed by atoms with Crippen molar-refractivity contribution < 1.29 is 0 Å². The highest BCUT2D eigenvalue weighted by Crippen LogP contribution is 2.01. The van der Waals surface area contributed by atoms with Crippen molar-refractivity contribution in [1.29, 1.82) is 5.26 Å². The number of unbranched alkanes of at least 4 members (excludes halogenated alkanes) is 3. The molecule has 0 aliphatic heterocycles. The van der Waals surface area contributed by atoms with Crippen molar-refractivity contribution in [3.8, 4) is 6.19 Å². The smallest absolute Gasteiger partial charge is 0.179 e. The third-order valence-electron chi connectivity index (χ3n) is 1.98. The Labute approximate surface area is 90.0 Å². The second-order valence-electron chi connectivity index (χ2n) is 3.19. The molecule has 0 saturated carbocycles. The lowest BCUT2D eigenvalue weighted by atomic mass is 10.2. The van der Waals surface area contributed by atoms with Gasteiger partial charge >= 0.3 is 0 Å². The molecular formula is C10H19BrN2. The minimum atomic E-state index is 0.932. The van der Waals surface area contributed by atoms with Crippen LogP contribution in [0.3, 0.4) is 0 Å². The third kappa shape index (κ3) is 8.11.